The summed E-state index contributed by atoms with van der Waals surface area (Å²) in [7, 11) is 3.39. The summed E-state index contributed by atoms with van der Waals surface area (Å²) in [5.41, 5.74) is 2.49. The molecule has 3 aromatic heterocycles. The molecule has 0 aliphatic heterocycles. The lowest BCUT2D eigenvalue weighted by atomic mass is 10.0. The molecule has 2 aromatic carbocycles. The summed E-state index contributed by atoms with van der Waals surface area (Å²) in [6, 6.07) is 14.7. The average molecular weight is 695 g/mol. The molecular weight excluding hydrogens is 659 g/mol. The Kier molecular flexibility index (Phi) is 15.1. The first-order valence-electron chi connectivity index (χ1n) is 14.7. The van der Waals surface area contributed by atoms with Crippen LogP contribution in [-0.4, -0.2) is 62.9 Å². The lowest BCUT2D eigenvalue weighted by molar-refractivity contribution is -0.143. The van der Waals surface area contributed by atoms with Crippen molar-refractivity contribution in [2.75, 3.05) is 31.5 Å². The van der Waals surface area contributed by atoms with Gasteiger partial charge < -0.3 is 10.1 Å². The van der Waals surface area contributed by atoms with Crippen molar-refractivity contribution in [1.82, 2.24) is 24.5 Å². The first-order valence-corrected chi connectivity index (χ1v) is 17.2. The van der Waals surface area contributed by atoms with Crippen molar-refractivity contribution >= 4 is 52.6 Å². The van der Waals surface area contributed by atoms with E-state index < -0.39 is 0 Å². The predicted octanol–water partition coefficient (Wildman–Crippen LogP) is 6.15. The van der Waals surface area contributed by atoms with Crippen LogP contribution in [0.15, 0.2) is 82.1 Å². The van der Waals surface area contributed by atoms with Crippen molar-refractivity contribution < 1.29 is 23.1 Å². The Morgan fingerprint density at radius 3 is 2.12 bits per heavy atom. The molecule has 0 unspecified atom stereocenters. The van der Waals surface area contributed by atoms with E-state index in [-0.39, 0.29) is 36.0 Å². The SMILES string of the molecule is CCOC(=O)CCc1ccccc1F.CNc1nc(SC)ncc1C=O.CSc1ncc2cc(Cc3ccccc3F)c(=O)n(C)c2n1. The molecule has 10 nitrogen and oxygen atoms in total. The third kappa shape index (κ3) is 10.7. The van der Waals surface area contributed by atoms with Gasteiger partial charge in [-0.1, -0.05) is 59.9 Å². The number of esters is 1. The number of halogens is 2. The molecule has 1 N–H and O–H groups in total. The molecule has 0 bridgehead atoms. The van der Waals surface area contributed by atoms with Gasteiger partial charge in [-0.2, -0.15) is 0 Å². The van der Waals surface area contributed by atoms with Gasteiger partial charge in [0.15, 0.2) is 16.6 Å². The number of fused-ring (bicyclic) bond motifs is 1. The van der Waals surface area contributed by atoms with Crippen LogP contribution in [0.4, 0.5) is 14.6 Å². The number of benzene rings is 2. The minimum Gasteiger partial charge on any atom is -0.466 e. The van der Waals surface area contributed by atoms with Crippen LogP contribution >= 0.6 is 23.5 Å². The van der Waals surface area contributed by atoms with Gasteiger partial charge in [-0.3, -0.25) is 19.0 Å². The molecule has 0 saturated heterocycles. The quantitative estimate of drug-likeness (QED) is 0.0782. The fourth-order valence-electron chi connectivity index (χ4n) is 4.30. The van der Waals surface area contributed by atoms with Crippen LogP contribution in [0.5, 0.6) is 0 Å². The molecule has 252 valence electrons. The number of aldehydes is 1. The Balaban J connectivity index is 0.000000209. The van der Waals surface area contributed by atoms with E-state index in [0.717, 1.165) is 11.7 Å². The minimum atomic E-state index is -0.307. The number of rotatable bonds is 10. The van der Waals surface area contributed by atoms with Gasteiger partial charge in [-0.15, -0.1) is 0 Å². The van der Waals surface area contributed by atoms with Crippen LogP contribution in [-0.2, 0) is 29.4 Å². The zero-order valence-corrected chi connectivity index (χ0v) is 28.8. The van der Waals surface area contributed by atoms with Crippen LogP contribution in [0, 0.1) is 11.6 Å². The third-order valence-corrected chi connectivity index (χ3v) is 7.85. The number of carbonyl (C=O) groups is 2. The van der Waals surface area contributed by atoms with Gasteiger partial charge in [0.25, 0.3) is 5.56 Å². The Labute approximate surface area is 285 Å². The van der Waals surface area contributed by atoms with Crippen molar-refractivity contribution in [2.24, 2.45) is 7.05 Å². The van der Waals surface area contributed by atoms with E-state index in [0.29, 0.717) is 57.1 Å². The second-order valence-corrected chi connectivity index (χ2v) is 11.4. The zero-order chi connectivity index (χ0) is 35.1. The number of ether oxygens (including phenoxy) is 1. The number of carbonyl (C=O) groups excluding carboxylic acids is 2. The van der Waals surface area contributed by atoms with Crippen LogP contribution in [0.2, 0.25) is 0 Å². The van der Waals surface area contributed by atoms with Gasteiger partial charge in [0.05, 0.1) is 12.2 Å². The summed E-state index contributed by atoms with van der Waals surface area (Å²) >= 11 is 2.86. The van der Waals surface area contributed by atoms with E-state index in [2.05, 4.69) is 25.3 Å². The molecule has 0 radical (unpaired) electrons. The first-order chi connectivity index (χ1) is 23.1. The molecule has 0 aliphatic carbocycles. The lowest BCUT2D eigenvalue weighted by Crippen LogP contribution is -2.22. The molecule has 0 aliphatic rings. The number of thioether (sulfide) groups is 2. The normalized spacial score (nSPS) is 10.3. The van der Waals surface area contributed by atoms with Crippen molar-refractivity contribution in [1.29, 1.82) is 0 Å². The molecule has 14 heteroatoms. The maximum absolute atomic E-state index is 13.8. The fraction of sp³-hybridized carbons (Fsp3) is 0.265. The molecule has 0 fully saturated rings. The highest BCUT2D eigenvalue weighted by atomic mass is 32.2. The molecule has 0 atom stereocenters. The van der Waals surface area contributed by atoms with Gasteiger partial charge in [0, 0.05) is 50.3 Å². The highest BCUT2D eigenvalue weighted by molar-refractivity contribution is 7.98. The van der Waals surface area contributed by atoms with E-state index in [1.165, 1.54) is 46.4 Å². The molecule has 5 aromatic rings. The van der Waals surface area contributed by atoms with Crippen LogP contribution in [0.1, 0.15) is 40.4 Å². The van der Waals surface area contributed by atoms with Gasteiger partial charge in [-0.05, 0) is 55.2 Å². The number of anilines is 1. The summed E-state index contributed by atoms with van der Waals surface area (Å²) in [5.74, 6) is -0.282. The lowest BCUT2D eigenvalue weighted by Gasteiger charge is -2.09. The van der Waals surface area contributed by atoms with E-state index in [4.69, 9.17) is 4.74 Å². The standard InChI is InChI=1S/C16H14FN3OS.C11H13FO2.C7H9N3OS/c1-20-14-12(9-18-16(19-14)22-2)8-11(15(20)21)7-10-5-3-4-6-13(10)17;1-2-14-11(13)8-7-9-5-3-4-6-10(9)12;1-8-6-5(4-11)3-9-7(10-6)12-2/h3-6,8-9H,7H2,1-2H3;3-6H,2,7-8H2,1H3;3-4H,1-2H3,(H,8,9,10). The highest BCUT2D eigenvalue weighted by Gasteiger charge is 2.12. The third-order valence-electron chi connectivity index (χ3n) is 6.72. The van der Waals surface area contributed by atoms with E-state index in [9.17, 15) is 23.2 Å². The first kappa shape index (κ1) is 37.8. The van der Waals surface area contributed by atoms with Gasteiger partial charge >= 0.3 is 5.97 Å². The number of nitrogens with zero attached hydrogens (tertiary/aromatic N) is 5. The van der Waals surface area contributed by atoms with Crippen LogP contribution in [0.25, 0.3) is 11.0 Å². The van der Waals surface area contributed by atoms with Crippen molar-refractivity contribution in [3.63, 3.8) is 0 Å². The van der Waals surface area contributed by atoms with Gasteiger partial charge in [0.1, 0.15) is 23.1 Å². The second kappa shape index (κ2) is 19.2. The fourth-order valence-corrected chi connectivity index (χ4v) is 4.98. The summed E-state index contributed by atoms with van der Waals surface area (Å²) in [5, 5.41) is 4.87. The Bertz CT molecular complexity index is 1910. The smallest absolute Gasteiger partial charge is 0.306 e. The molecule has 0 saturated carbocycles. The topological polar surface area (TPSA) is 129 Å². The molecule has 0 spiro atoms. The van der Waals surface area contributed by atoms with Crippen LogP contribution in [0.3, 0.4) is 0 Å². The second-order valence-electron chi connectivity index (χ2n) is 9.86. The molecule has 0 amide bonds. The summed E-state index contributed by atoms with van der Waals surface area (Å²) in [4.78, 5) is 50.5. The number of aryl methyl sites for hydroxylation is 2. The number of hydrogen-bond donors (Lipinski definition) is 1. The van der Waals surface area contributed by atoms with Crippen LogP contribution < -0.4 is 10.9 Å². The Morgan fingerprint density at radius 1 is 0.938 bits per heavy atom. The molecule has 48 heavy (non-hydrogen) atoms. The van der Waals surface area contributed by atoms with Gasteiger partial charge in [-0.25, -0.2) is 28.7 Å². The van der Waals surface area contributed by atoms with Gasteiger partial charge in [0.2, 0.25) is 0 Å². The number of hydrogen-bond acceptors (Lipinski definition) is 11. The maximum atomic E-state index is 13.8. The number of aromatic nitrogens is 5. The summed E-state index contributed by atoms with van der Waals surface area (Å²) < 4.78 is 33.1. The summed E-state index contributed by atoms with van der Waals surface area (Å²) in [6.07, 6.45) is 8.58. The van der Waals surface area contributed by atoms with Crippen molar-refractivity contribution in [2.45, 2.75) is 36.5 Å². The molecular formula is C34H36F2N6O4S2. The Hall–Kier alpha value is -4.69. The number of pyridine rings is 1. The average Bonchev–Trinajstić information content (AvgIpc) is 3.11. The minimum absolute atomic E-state index is 0.165. The maximum Gasteiger partial charge on any atom is 0.306 e. The Morgan fingerprint density at radius 2 is 1.54 bits per heavy atom. The van der Waals surface area contributed by atoms with Crippen molar-refractivity contribution in [3.8, 4) is 0 Å². The molecule has 5 rings (SSSR count). The zero-order valence-electron chi connectivity index (χ0n) is 27.2. The van der Waals surface area contributed by atoms with E-state index >= 15 is 0 Å². The predicted molar refractivity (Wildman–Crippen MR) is 186 cm³/mol. The highest BCUT2D eigenvalue weighted by Crippen LogP contribution is 2.18. The number of nitrogens with one attached hydrogen (secondary N) is 1. The monoisotopic (exact) mass is 694 g/mol. The summed E-state index contributed by atoms with van der Waals surface area (Å²) in [6.45, 7) is 2.12. The largest absolute Gasteiger partial charge is 0.466 e. The van der Waals surface area contributed by atoms with Crippen molar-refractivity contribution in [3.05, 3.63) is 111 Å². The van der Waals surface area contributed by atoms with E-state index in [1.807, 2.05) is 12.5 Å². The molecule has 3 heterocycles. The van der Waals surface area contributed by atoms with E-state index in [1.54, 1.807) is 69.7 Å².